The van der Waals surface area contributed by atoms with Gasteiger partial charge in [-0.15, -0.1) is 0 Å². The molecule has 0 bridgehead atoms. The Morgan fingerprint density at radius 2 is 1.44 bits per heavy atom. The monoisotopic (exact) mass is 251 g/mol. The average Bonchev–Trinajstić information content (AvgIpc) is 2.38. The van der Waals surface area contributed by atoms with E-state index in [2.05, 4.69) is 9.47 Å². The van der Waals surface area contributed by atoms with Crippen LogP contribution in [0.1, 0.15) is 5.56 Å². The summed E-state index contributed by atoms with van der Waals surface area (Å²) in [5.74, 6) is -0.807. The number of esters is 2. The molecule has 0 aliphatic rings. The van der Waals surface area contributed by atoms with E-state index >= 15 is 0 Å². The van der Waals surface area contributed by atoms with Gasteiger partial charge in [0.1, 0.15) is 13.1 Å². The van der Waals surface area contributed by atoms with Gasteiger partial charge in [0.25, 0.3) is 0 Å². The maximum Gasteiger partial charge on any atom is 0.325 e. The number of methoxy groups -OCH3 is 2. The van der Waals surface area contributed by atoms with Crippen LogP contribution in [0.25, 0.3) is 0 Å². The lowest BCUT2D eigenvalue weighted by molar-refractivity contribution is -0.140. The van der Waals surface area contributed by atoms with Crippen LogP contribution in [0.15, 0.2) is 24.3 Å². The summed E-state index contributed by atoms with van der Waals surface area (Å²) in [4.78, 5) is 24.2. The molecule has 18 heavy (non-hydrogen) atoms. The number of carbonyl (C=O) groups excluding carboxylic acids is 2. The lowest BCUT2D eigenvalue weighted by atomic mass is 10.2. The Labute approximate surface area is 106 Å². The molecule has 0 amide bonds. The van der Waals surface area contributed by atoms with Gasteiger partial charge in [-0.1, -0.05) is 17.7 Å². The SMILES string of the molecule is COC(=O)CN(CC(=O)OC)c1ccc(C)cc1. The molecule has 0 aromatic heterocycles. The molecule has 0 radical (unpaired) electrons. The van der Waals surface area contributed by atoms with Crippen molar-refractivity contribution in [1.29, 1.82) is 0 Å². The molecule has 1 rings (SSSR count). The van der Waals surface area contributed by atoms with Gasteiger partial charge in [0.15, 0.2) is 0 Å². The highest BCUT2D eigenvalue weighted by molar-refractivity contribution is 5.81. The number of nitrogens with zero attached hydrogens (tertiary/aromatic N) is 1. The fourth-order valence-corrected chi connectivity index (χ4v) is 1.43. The smallest absolute Gasteiger partial charge is 0.325 e. The van der Waals surface area contributed by atoms with E-state index < -0.39 is 11.9 Å². The Bertz CT molecular complexity index is 396. The summed E-state index contributed by atoms with van der Waals surface area (Å²) in [6.07, 6.45) is 0. The highest BCUT2D eigenvalue weighted by Crippen LogP contribution is 2.15. The fourth-order valence-electron chi connectivity index (χ4n) is 1.43. The highest BCUT2D eigenvalue weighted by Gasteiger charge is 2.15. The Hall–Kier alpha value is -2.04. The molecule has 1 aromatic carbocycles. The summed E-state index contributed by atoms with van der Waals surface area (Å²) in [6, 6.07) is 7.52. The fraction of sp³-hybridized carbons (Fsp3) is 0.385. The van der Waals surface area contributed by atoms with Crippen LogP contribution in [-0.4, -0.2) is 39.2 Å². The molecule has 0 N–H and O–H groups in total. The lowest BCUT2D eigenvalue weighted by Crippen LogP contribution is -2.35. The Balaban J connectivity index is 2.85. The number of hydrogen-bond acceptors (Lipinski definition) is 5. The van der Waals surface area contributed by atoms with Crippen LogP contribution in [0.5, 0.6) is 0 Å². The zero-order chi connectivity index (χ0) is 13.5. The van der Waals surface area contributed by atoms with Crippen LogP contribution >= 0.6 is 0 Å². The van der Waals surface area contributed by atoms with Gasteiger partial charge in [-0.3, -0.25) is 9.59 Å². The van der Waals surface area contributed by atoms with Crippen molar-refractivity contribution in [3.63, 3.8) is 0 Å². The number of anilines is 1. The third kappa shape index (κ3) is 4.08. The molecule has 0 atom stereocenters. The predicted molar refractivity (Wildman–Crippen MR) is 67.4 cm³/mol. The van der Waals surface area contributed by atoms with Gasteiger partial charge in [-0.25, -0.2) is 0 Å². The Morgan fingerprint density at radius 3 is 1.83 bits per heavy atom. The molecule has 5 nitrogen and oxygen atoms in total. The second-order valence-corrected chi connectivity index (χ2v) is 3.84. The summed E-state index contributed by atoms with van der Waals surface area (Å²) in [5.41, 5.74) is 1.88. The van der Waals surface area contributed by atoms with Crippen LogP contribution in [-0.2, 0) is 19.1 Å². The normalized spacial score (nSPS) is 9.72. The topological polar surface area (TPSA) is 55.8 Å². The molecule has 1 aromatic rings. The Morgan fingerprint density at radius 1 is 1.00 bits per heavy atom. The molecule has 0 saturated carbocycles. The van der Waals surface area contributed by atoms with Gasteiger partial charge >= 0.3 is 11.9 Å². The van der Waals surface area contributed by atoms with E-state index in [0.717, 1.165) is 11.3 Å². The first kappa shape index (κ1) is 14.0. The lowest BCUT2D eigenvalue weighted by Gasteiger charge is -2.22. The van der Waals surface area contributed by atoms with E-state index in [1.165, 1.54) is 14.2 Å². The molecule has 98 valence electrons. The minimum atomic E-state index is -0.403. The minimum absolute atomic E-state index is 0.00859. The summed E-state index contributed by atoms with van der Waals surface area (Å²) >= 11 is 0. The molecular formula is C13H17NO4. The van der Waals surface area contributed by atoms with E-state index in [-0.39, 0.29) is 13.1 Å². The average molecular weight is 251 g/mol. The maximum atomic E-state index is 11.3. The van der Waals surface area contributed by atoms with Crippen molar-refractivity contribution >= 4 is 17.6 Å². The van der Waals surface area contributed by atoms with Gasteiger partial charge in [0.05, 0.1) is 14.2 Å². The van der Waals surface area contributed by atoms with Gasteiger partial charge in [-0.05, 0) is 19.1 Å². The van der Waals surface area contributed by atoms with Crippen LogP contribution in [0.4, 0.5) is 5.69 Å². The van der Waals surface area contributed by atoms with Crippen LogP contribution < -0.4 is 4.90 Å². The van der Waals surface area contributed by atoms with E-state index in [9.17, 15) is 9.59 Å². The van der Waals surface area contributed by atoms with Crippen molar-refractivity contribution in [3.8, 4) is 0 Å². The number of carbonyl (C=O) groups is 2. The third-order valence-electron chi connectivity index (χ3n) is 2.49. The minimum Gasteiger partial charge on any atom is -0.468 e. The molecular weight excluding hydrogens is 234 g/mol. The summed E-state index contributed by atoms with van der Waals surface area (Å²) in [7, 11) is 2.63. The molecule has 0 aliphatic carbocycles. The first-order valence-corrected chi connectivity index (χ1v) is 5.52. The van der Waals surface area contributed by atoms with Crippen LogP contribution in [0.2, 0.25) is 0 Å². The van der Waals surface area contributed by atoms with Crippen molar-refractivity contribution in [3.05, 3.63) is 29.8 Å². The second kappa shape index (κ2) is 6.64. The zero-order valence-electron chi connectivity index (χ0n) is 10.8. The van der Waals surface area contributed by atoms with Crippen LogP contribution in [0, 0.1) is 6.92 Å². The number of benzene rings is 1. The number of hydrogen-bond donors (Lipinski definition) is 0. The second-order valence-electron chi connectivity index (χ2n) is 3.84. The largest absolute Gasteiger partial charge is 0.468 e. The first-order valence-electron chi connectivity index (χ1n) is 5.52. The van der Waals surface area contributed by atoms with E-state index in [4.69, 9.17) is 0 Å². The van der Waals surface area contributed by atoms with Crippen molar-refractivity contribution in [2.45, 2.75) is 6.92 Å². The predicted octanol–water partition coefficient (Wildman–Crippen LogP) is 1.15. The molecule has 0 aliphatic heterocycles. The highest BCUT2D eigenvalue weighted by atomic mass is 16.5. The van der Waals surface area contributed by atoms with Gasteiger partial charge < -0.3 is 14.4 Å². The summed E-state index contributed by atoms with van der Waals surface area (Å²) in [5, 5.41) is 0. The number of ether oxygens (including phenoxy) is 2. The van der Waals surface area contributed by atoms with Gasteiger partial charge in [-0.2, -0.15) is 0 Å². The van der Waals surface area contributed by atoms with E-state index in [1.807, 2.05) is 31.2 Å². The number of rotatable bonds is 5. The zero-order valence-corrected chi connectivity index (χ0v) is 10.8. The molecule has 0 saturated heterocycles. The number of aryl methyl sites for hydroxylation is 1. The molecule has 5 heteroatoms. The van der Waals surface area contributed by atoms with Gasteiger partial charge in [0, 0.05) is 5.69 Å². The van der Waals surface area contributed by atoms with Crippen molar-refractivity contribution in [2.75, 3.05) is 32.2 Å². The van der Waals surface area contributed by atoms with E-state index in [1.54, 1.807) is 4.90 Å². The van der Waals surface area contributed by atoms with Crippen molar-refractivity contribution in [1.82, 2.24) is 0 Å². The van der Waals surface area contributed by atoms with Crippen LogP contribution in [0.3, 0.4) is 0 Å². The maximum absolute atomic E-state index is 11.3. The standard InChI is InChI=1S/C13H17NO4/c1-10-4-6-11(7-5-10)14(8-12(15)17-2)9-13(16)18-3/h4-7H,8-9H2,1-3H3. The summed E-state index contributed by atoms with van der Waals surface area (Å²) < 4.78 is 9.22. The third-order valence-corrected chi connectivity index (χ3v) is 2.49. The Kier molecular flexibility index (Phi) is 5.17. The summed E-state index contributed by atoms with van der Waals surface area (Å²) in [6.45, 7) is 1.98. The molecule has 0 heterocycles. The quantitative estimate of drug-likeness (QED) is 0.735. The van der Waals surface area contributed by atoms with E-state index in [0.29, 0.717) is 0 Å². The molecule has 0 spiro atoms. The van der Waals surface area contributed by atoms with Crippen molar-refractivity contribution < 1.29 is 19.1 Å². The van der Waals surface area contributed by atoms with Crippen molar-refractivity contribution in [2.24, 2.45) is 0 Å². The first-order chi connectivity index (χ1) is 8.56. The van der Waals surface area contributed by atoms with Gasteiger partial charge in [0.2, 0.25) is 0 Å². The molecule has 0 fully saturated rings. The molecule has 0 unspecified atom stereocenters.